The Balaban J connectivity index is 1.49. The Kier molecular flexibility index (Phi) is 5.25. The Bertz CT molecular complexity index is 768. The highest BCUT2D eigenvalue weighted by atomic mass is 16.2. The summed E-state index contributed by atoms with van der Waals surface area (Å²) in [5.74, 6) is 0. The highest BCUT2D eigenvalue weighted by Crippen LogP contribution is 2.20. The molecule has 0 radical (unpaired) electrons. The van der Waals surface area contributed by atoms with Crippen LogP contribution in [0.3, 0.4) is 0 Å². The molecule has 0 saturated carbocycles. The van der Waals surface area contributed by atoms with E-state index in [9.17, 15) is 4.79 Å². The first kappa shape index (κ1) is 15.8. The van der Waals surface area contributed by atoms with Crippen molar-refractivity contribution < 1.29 is 4.79 Å². The van der Waals surface area contributed by atoms with Gasteiger partial charge in [-0.25, -0.2) is 4.79 Å². The van der Waals surface area contributed by atoms with Crippen LogP contribution in [0.1, 0.15) is 5.56 Å². The van der Waals surface area contributed by atoms with E-state index in [1.807, 2.05) is 60.7 Å². The lowest BCUT2D eigenvalue weighted by molar-refractivity contribution is 0.252. The lowest BCUT2D eigenvalue weighted by atomic mass is 10.1. The van der Waals surface area contributed by atoms with Crippen LogP contribution in [0.4, 0.5) is 10.5 Å². The Hall–Kier alpha value is -3.07. The van der Waals surface area contributed by atoms with Crippen molar-refractivity contribution in [3.63, 3.8) is 0 Å². The molecule has 24 heavy (non-hydrogen) atoms. The molecule has 0 spiro atoms. The molecule has 0 unspecified atom stereocenters. The van der Waals surface area contributed by atoms with Gasteiger partial charge in [0.1, 0.15) is 0 Å². The second kappa shape index (κ2) is 7.97. The third kappa shape index (κ3) is 4.46. The minimum Gasteiger partial charge on any atom is -0.338 e. The molecule has 2 amide bonds. The average Bonchev–Trinajstić information content (AvgIpc) is 2.64. The molecule has 2 N–H and O–H groups in total. The molecule has 0 aliphatic heterocycles. The molecular formula is C21H20N2O. The predicted octanol–water partition coefficient (Wildman–Crippen LogP) is 4.72. The molecule has 3 aromatic rings. The van der Waals surface area contributed by atoms with Crippen LogP contribution < -0.4 is 10.6 Å². The quantitative estimate of drug-likeness (QED) is 0.702. The maximum atomic E-state index is 11.9. The molecule has 3 rings (SSSR count). The summed E-state index contributed by atoms with van der Waals surface area (Å²) >= 11 is 0. The van der Waals surface area contributed by atoms with Crippen LogP contribution >= 0.6 is 0 Å². The van der Waals surface area contributed by atoms with E-state index < -0.39 is 0 Å². The van der Waals surface area contributed by atoms with E-state index in [1.165, 1.54) is 5.56 Å². The normalized spacial score (nSPS) is 10.2. The minimum absolute atomic E-state index is 0.182. The zero-order valence-electron chi connectivity index (χ0n) is 13.4. The van der Waals surface area contributed by atoms with Crippen LogP contribution in [0.5, 0.6) is 0 Å². The van der Waals surface area contributed by atoms with E-state index in [1.54, 1.807) is 0 Å². The van der Waals surface area contributed by atoms with E-state index in [0.717, 1.165) is 23.2 Å². The van der Waals surface area contributed by atoms with Gasteiger partial charge in [-0.15, -0.1) is 0 Å². The highest BCUT2D eigenvalue weighted by molar-refractivity contribution is 5.89. The Morgan fingerprint density at radius 3 is 1.96 bits per heavy atom. The van der Waals surface area contributed by atoms with Crippen LogP contribution in [0.25, 0.3) is 11.1 Å². The molecule has 3 heteroatoms. The van der Waals surface area contributed by atoms with Gasteiger partial charge in [0, 0.05) is 12.2 Å². The van der Waals surface area contributed by atoms with Crippen molar-refractivity contribution in [3.05, 3.63) is 90.5 Å². The number of anilines is 1. The topological polar surface area (TPSA) is 41.1 Å². The first-order valence-electron chi connectivity index (χ1n) is 8.05. The number of nitrogens with one attached hydrogen (secondary N) is 2. The van der Waals surface area contributed by atoms with Crippen LogP contribution in [-0.4, -0.2) is 12.6 Å². The van der Waals surface area contributed by atoms with Crippen LogP contribution in [0.2, 0.25) is 0 Å². The smallest absolute Gasteiger partial charge is 0.319 e. The van der Waals surface area contributed by atoms with E-state index >= 15 is 0 Å². The summed E-state index contributed by atoms with van der Waals surface area (Å²) in [5.41, 5.74) is 4.29. The van der Waals surface area contributed by atoms with Crippen molar-refractivity contribution in [2.24, 2.45) is 0 Å². The summed E-state index contributed by atoms with van der Waals surface area (Å²) in [7, 11) is 0. The Labute approximate surface area is 142 Å². The molecule has 0 saturated heterocycles. The third-order valence-corrected chi connectivity index (χ3v) is 3.79. The molecule has 3 aromatic carbocycles. The second-order valence-corrected chi connectivity index (χ2v) is 5.56. The zero-order valence-corrected chi connectivity index (χ0v) is 13.4. The van der Waals surface area contributed by atoms with Gasteiger partial charge in [-0.3, -0.25) is 0 Å². The van der Waals surface area contributed by atoms with E-state index in [-0.39, 0.29) is 6.03 Å². The summed E-state index contributed by atoms with van der Waals surface area (Å²) in [6.07, 6.45) is 0.821. The average molecular weight is 316 g/mol. The number of amides is 2. The van der Waals surface area contributed by atoms with Crippen molar-refractivity contribution in [3.8, 4) is 11.1 Å². The monoisotopic (exact) mass is 316 g/mol. The van der Waals surface area contributed by atoms with Crippen LogP contribution in [0, 0.1) is 0 Å². The zero-order chi connectivity index (χ0) is 16.6. The lowest BCUT2D eigenvalue weighted by Crippen LogP contribution is -2.30. The Morgan fingerprint density at radius 2 is 1.29 bits per heavy atom. The number of hydrogen-bond acceptors (Lipinski definition) is 1. The summed E-state index contributed by atoms with van der Waals surface area (Å²) < 4.78 is 0. The minimum atomic E-state index is -0.182. The number of hydrogen-bond donors (Lipinski definition) is 2. The van der Waals surface area contributed by atoms with Gasteiger partial charge in [-0.05, 0) is 35.2 Å². The van der Waals surface area contributed by atoms with Crippen molar-refractivity contribution in [1.29, 1.82) is 0 Å². The number of urea groups is 1. The van der Waals surface area contributed by atoms with Gasteiger partial charge < -0.3 is 10.6 Å². The fraction of sp³-hybridized carbons (Fsp3) is 0.0952. The van der Waals surface area contributed by atoms with Crippen molar-refractivity contribution in [2.45, 2.75) is 6.42 Å². The van der Waals surface area contributed by atoms with Gasteiger partial charge >= 0.3 is 6.03 Å². The van der Waals surface area contributed by atoms with Crippen LogP contribution in [-0.2, 0) is 6.42 Å². The maximum Gasteiger partial charge on any atom is 0.319 e. The standard InChI is InChI=1S/C21H20N2O/c24-21(22-16-15-17-7-3-1-4-8-17)23-20-13-11-19(12-14-20)18-9-5-2-6-10-18/h1-14H,15-16H2,(H2,22,23,24). The first-order chi connectivity index (χ1) is 11.8. The molecular weight excluding hydrogens is 296 g/mol. The predicted molar refractivity (Wildman–Crippen MR) is 99.0 cm³/mol. The van der Waals surface area contributed by atoms with Gasteiger partial charge in [-0.1, -0.05) is 72.8 Å². The number of carbonyl (C=O) groups excluding carboxylic acids is 1. The molecule has 0 bridgehead atoms. The molecule has 0 fully saturated rings. The third-order valence-electron chi connectivity index (χ3n) is 3.79. The van der Waals surface area contributed by atoms with E-state index in [2.05, 4.69) is 34.9 Å². The van der Waals surface area contributed by atoms with Gasteiger partial charge in [-0.2, -0.15) is 0 Å². The Morgan fingerprint density at radius 1 is 0.708 bits per heavy atom. The van der Waals surface area contributed by atoms with E-state index in [0.29, 0.717) is 6.54 Å². The molecule has 0 aliphatic carbocycles. The SMILES string of the molecule is O=C(NCCc1ccccc1)Nc1ccc(-c2ccccc2)cc1. The molecule has 0 aromatic heterocycles. The van der Waals surface area contributed by atoms with Gasteiger partial charge in [0.15, 0.2) is 0 Å². The maximum absolute atomic E-state index is 11.9. The molecule has 0 aliphatic rings. The molecule has 0 heterocycles. The van der Waals surface area contributed by atoms with Crippen molar-refractivity contribution >= 4 is 11.7 Å². The van der Waals surface area contributed by atoms with Crippen molar-refractivity contribution in [2.75, 3.05) is 11.9 Å². The van der Waals surface area contributed by atoms with Gasteiger partial charge in [0.25, 0.3) is 0 Å². The first-order valence-corrected chi connectivity index (χ1v) is 8.05. The summed E-state index contributed by atoms with van der Waals surface area (Å²) in [5, 5.41) is 5.73. The van der Waals surface area contributed by atoms with Gasteiger partial charge in [0.05, 0.1) is 0 Å². The number of carbonyl (C=O) groups is 1. The molecule has 0 atom stereocenters. The van der Waals surface area contributed by atoms with Crippen molar-refractivity contribution in [1.82, 2.24) is 5.32 Å². The highest BCUT2D eigenvalue weighted by Gasteiger charge is 2.02. The summed E-state index contributed by atoms with van der Waals surface area (Å²) in [4.78, 5) is 11.9. The summed E-state index contributed by atoms with van der Waals surface area (Å²) in [6.45, 7) is 0.609. The second-order valence-electron chi connectivity index (χ2n) is 5.56. The number of benzene rings is 3. The molecule has 120 valence electrons. The fourth-order valence-corrected chi connectivity index (χ4v) is 2.52. The van der Waals surface area contributed by atoms with Crippen LogP contribution in [0.15, 0.2) is 84.9 Å². The largest absolute Gasteiger partial charge is 0.338 e. The van der Waals surface area contributed by atoms with E-state index in [4.69, 9.17) is 0 Å². The number of rotatable bonds is 5. The summed E-state index contributed by atoms with van der Waals surface area (Å²) in [6, 6.07) is 27.9. The molecule has 3 nitrogen and oxygen atoms in total. The van der Waals surface area contributed by atoms with Gasteiger partial charge in [0.2, 0.25) is 0 Å². The fourth-order valence-electron chi connectivity index (χ4n) is 2.52. The lowest BCUT2D eigenvalue weighted by Gasteiger charge is -2.09.